The smallest absolute Gasteiger partial charge is 0.257 e. The third kappa shape index (κ3) is 7.28. The lowest BCUT2D eigenvalue weighted by Crippen LogP contribution is -2.36. The summed E-state index contributed by atoms with van der Waals surface area (Å²) in [6, 6.07) is 5.53. The maximum atomic E-state index is 11.4. The van der Waals surface area contributed by atoms with Crippen LogP contribution < -0.4 is 25.5 Å². The predicted octanol–water partition coefficient (Wildman–Crippen LogP) is 1.42. The molecule has 0 aliphatic carbocycles. The molecule has 0 aliphatic heterocycles. The molecule has 0 spiro atoms. The van der Waals surface area contributed by atoms with E-state index in [2.05, 4.69) is 21.2 Å². The molecule has 0 atom stereocenters. The second-order valence-corrected chi connectivity index (χ2v) is 5.56. The summed E-state index contributed by atoms with van der Waals surface area (Å²) >= 11 is 5.08. The van der Waals surface area contributed by atoms with E-state index in [9.17, 15) is 4.79 Å². The largest absolute Gasteiger partial charge is 0.493 e. The first-order valence-corrected chi connectivity index (χ1v) is 8.04. The zero-order valence-corrected chi connectivity index (χ0v) is 15.2. The summed E-state index contributed by atoms with van der Waals surface area (Å²) in [5.74, 6) is 0.831. The van der Waals surface area contributed by atoms with E-state index < -0.39 is 0 Å². The van der Waals surface area contributed by atoms with Gasteiger partial charge in [0.1, 0.15) is 0 Å². The molecule has 0 fully saturated rings. The molecule has 0 saturated heterocycles. The number of hydrogen-bond acceptors (Lipinski definition) is 5. The summed E-state index contributed by atoms with van der Waals surface area (Å²) in [6.45, 7) is 6.33. The maximum absolute atomic E-state index is 11.4. The number of rotatable bonds is 8. The summed E-state index contributed by atoms with van der Waals surface area (Å²) in [6.07, 6.45) is 1.62. The van der Waals surface area contributed by atoms with Gasteiger partial charge in [-0.15, -0.1) is 0 Å². The van der Waals surface area contributed by atoms with Crippen molar-refractivity contribution in [3.63, 3.8) is 0 Å². The molecule has 8 heteroatoms. The van der Waals surface area contributed by atoms with Gasteiger partial charge < -0.3 is 20.1 Å². The van der Waals surface area contributed by atoms with Crippen LogP contribution in [-0.4, -0.2) is 43.5 Å². The minimum absolute atomic E-state index is 0.0612. The second-order valence-electron chi connectivity index (χ2n) is 5.15. The highest BCUT2D eigenvalue weighted by Crippen LogP contribution is 2.27. The first-order valence-electron chi connectivity index (χ1n) is 7.63. The van der Waals surface area contributed by atoms with Gasteiger partial charge in [-0.2, -0.15) is 5.10 Å². The average molecular weight is 352 g/mol. The van der Waals surface area contributed by atoms with Gasteiger partial charge in [0.25, 0.3) is 5.91 Å². The molecular weight excluding hydrogens is 328 g/mol. The number of nitrogens with one attached hydrogen (secondary N) is 3. The number of thiocarbonyl (C=S) groups is 1. The molecule has 0 unspecified atom stereocenters. The number of carbonyl (C=O) groups is 1. The van der Waals surface area contributed by atoms with Crippen molar-refractivity contribution in [3.05, 3.63) is 23.8 Å². The number of carbonyl (C=O) groups excluding carboxylic acids is 1. The van der Waals surface area contributed by atoms with Crippen LogP contribution in [0, 0.1) is 0 Å². The molecule has 0 aliphatic rings. The first kappa shape index (κ1) is 19.7. The Morgan fingerprint density at radius 3 is 2.75 bits per heavy atom. The number of nitrogens with zero attached hydrogens (tertiary/aromatic N) is 1. The van der Waals surface area contributed by atoms with E-state index in [1.807, 2.05) is 20.8 Å². The van der Waals surface area contributed by atoms with Crippen molar-refractivity contribution in [2.75, 3.05) is 20.3 Å². The molecule has 7 nitrogen and oxygen atoms in total. The van der Waals surface area contributed by atoms with E-state index in [1.165, 1.54) is 7.11 Å². The van der Waals surface area contributed by atoms with Crippen LogP contribution in [0.4, 0.5) is 0 Å². The molecule has 1 aromatic carbocycles. The molecule has 1 aromatic rings. The number of ether oxygens (including phenoxy) is 2. The fourth-order valence-corrected chi connectivity index (χ4v) is 2.02. The molecule has 3 N–H and O–H groups in total. The normalized spacial score (nSPS) is 10.5. The molecule has 0 radical (unpaired) electrons. The van der Waals surface area contributed by atoms with Crippen LogP contribution in [0.25, 0.3) is 0 Å². The number of methoxy groups -OCH3 is 1. The summed E-state index contributed by atoms with van der Waals surface area (Å²) in [7, 11) is 1.54. The molecule has 0 aromatic heterocycles. The van der Waals surface area contributed by atoms with E-state index in [-0.39, 0.29) is 18.6 Å². The Bertz CT molecular complexity index is 591. The van der Waals surface area contributed by atoms with Crippen molar-refractivity contribution >= 4 is 29.5 Å². The zero-order valence-electron chi connectivity index (χ0n) is 14.4. The Hall–Kier alpha value is -2.35. The number of amides is 1. The molecule has 0 saturated carbocycles. The molecule has 132 valence electrons. The SMILES string of the molecule is CCNC(=O)COc1ccc(/C=N\NC(=S)NC(C)C)cc1OC. The predicted molar refractivity (Wildman–Crippen MR) is 98.8 cm³/mol. The van der Waals surface area contributed by atoms with Gasteiger partial charge in [-0.25, -0.2) is 0 Å². The average Bonchev–Trinajstić information content (AvgIpc) is 2.53. The van der Waals surface area contributed by atoms with E-state index in [0.29, 0.717) is 23.2 Å². The molecule has 0 heterocycles. The summed E-state index contributed by atoms with van der Waals surface area (Å²) in [5, 5.41) is 10.2. The minimum atomic E-state index is -0.180. The number of likely N-dealkylation sites (N-methyl/N-ethyl adjacent to an activating group) is 1. The van der Waals surface area contributed by atoms with Crippen molar-refractivity contribution in [3.8, 4) is 11.5 Å². The van der Waals surface area contributed by atoms with Gasteiger partial charge in [-0.05, 0) is 56.8 Å². The summed E-state index contributed by atoms with van der Waals surface area (Å²) in [5.41, 5.74) is 3.54. The van der Waals surface area contributed by atoms with Gasteiger partial charge in [0.05, 0.1) is 13.3 Å². The topological polar surface area (TPSA) is 84.0 Å². The zero-order chi connectivity index (χ0) is 17.9. The Morgan fingerprint density at radius 1 is 1.38 bits per heavy atom. The highest BCUT2D eigenvalue weighted by molar-refractivity contribution is 7.80. The van der Waals surface area contributed by atoms with E-state index >= 15 is 0 Å². The maximum Gasteiger partial charge on any atom is 0.257 e. The highest BCUT2D eigenvalue weighted by Gasteiger charge is 2.07. The number of hydrazone groups is 1. The van der Waals surface area contributed by atoms with Crippen molar-refractivity contribution in [1.82, 2.24) is 16.1 Å². The van der Waals surface area contributed by atoms with Crippen molar-refractivity contribution < 1.29 is 14.3 Å². The molecule has 0 bridgehead atoms. The summed E-state index contributed by atoms with van der Waals surface area (Å²) in [4.78, 5) is 11.4. The van der Waals surface area contributed by atoms with Gasteiger partial charge >= 0.3 is 0 Å². The van der Waals surface area contributed by atoms with Crippen LogP contribution in [0.15, 0.2) is 23.3 Å². The Balaban J connectivity index is 2.65. The van der Waals surface area contributed by atoms with Crippen LogP contribution in [-0.2, 0) is 4.79 Å². The standard InChI is InChI=1S/C16H24N4O3S/c1-5-17-15(21)10-23-13-7-6-12(8-14(13)22-4)9-18-20-16(24)19-11(2)3/h6-9,11H,5,10H2,1-4H3,(H,17,21)(H2,19,20,24)/b18-9-. The van der Waals surface area contributed by atoms with Crippen LogP contribution >= 0.6 is 12.2 Å². The third-order valence-electron chi connectivity index (χ3n) is 2.72. The monoisotopic (exact) mass is 352 g/mol. The quantitative estimate of drug-likeness (QED) is 0.373. The van der Waals surface area contributed by atoms with E-state index in [0.717, 1.165) is 5.56 Å². The fourth-order valence-electron chi connectivity index (χ4n) is 1.74. The molecule has 24 heavy (non-hydrogen) atoms. The Labute approximate surface area is 147 Å². The first-order chi connectivity index (χ1) is 11.5. The van der Waals surface area contributed by atoms with Crippen LogP contribution in [0.1, 0.15) is 26.3 Å². The van der Waals surface area contributed by atoms with Crippen LogP contribution in [0.3, 0.4) is 0 Å². The third-order valence-corrected chi connectivity index (χ3v) is 2.93. The highest BCUT2D eigenvalue weighted by atomic mass is 32.1. The van der Waals surface area contributed by atoms with Gasteiger partial charge in [0.2, 0.25) is 0 Å². The lowest BCUT2D eigenvalue weighted by Gasteiger charge is -2.11. The fraction of sp³-hybridized carbons (Fsp3) is 0.438. The Morgan fingerprint density at radius 2 is 2.12 bits per heavy atom. The van der Waals surface area contributed by atoms with E-state index in [1.54, 1.807) is 24.4 Å². The van der Waals surface area contributed by atoms with Gasteiger partial charge in [0.15, 0.2) is 23.2 Å². The number of hydrogen-bond donors (Lipinski definition) is 3. The van der Waals surface area contributed by atoms with Gasteiger partial charge in [-0.1, -0.05) is 0 Å². The van der Waals surface area contributed by atoms with Crippen molar-refractivity contribution in [1.29, 1.82) is 0 Å². The van der Waals surface area contributed by atoms with Gasteiger partial charge in [-0.3, -0.25) is 10.2 Å². The molecular formula is C16H24N4O3S. The number of benzene rings is 1. The second kappa shape index (κ2) is 10.4. The molecule has 1 amide bonds. The lowest BCUT2D eigenvalue weighted by atomic mass is 10.2. The van der Waals surface area contributed by atoms with Crippen molar-refractivity contribution in [2.45, 2.75) is 26.8 Å². The lowest BCUT2D eigenvalue weighted by molar-refractivity contribution is -0.123. The minimum Gasteiger partial charge on any atom is -0.493 e. The Kier molecular flexibility index (Phi) is 8.56. The van der Waals surface area contributed by atoms with Gasteiger partial charge in [0, 0.05) is 12.6 Å². The summed E-state index contributed by atoms with van der Waals surface area (Å²) < 4.78 is 10.7. The molecule has 1 rings (SSSR count). The van der Waals surface area contributed by atoms with Crippen LogP contribution in [0.2, 0.25) is 0 Å². The van der Waals surface area contributed by atoms with Crippen molar-refractivity contribution in [2.24, 2.45) is 5.10 Å². The van der Waals surface area contributed by atoms with Crippen LogP contribution in [0.5, 0.6) is 11.5 Å². The van der Waals surface area contributed by atoms with E-state index in [4.69, 9.17) is 21.7 Å².